The first-order chi connectivity index (χ1) is 9.48. The largest absolute Gasteiger partial charge is 0.377 e. The van der Waals surface area contributed by atoms with Crippen LogP contribution in [-0.4, -0.2) is 33.6 Å². The van der Waals surface area contributed by atoms with Gasteiger partial charge in [-0.05, 0) is 51.0 Å². The monoisotopic (exact) mass is 314 g/mol. The van der Waals surface area contributed by atoms with E-state index < -0.39 is 15.6 Å². The molecular weight excluding hydrogens is 292 g/mol. The van der Waals surface area contributed by atoms with E-state index in [1.54, 1.807) is 21.0 Å². The number of aryl methyl sites for hydroxylation is 1. The molecule has 0 aliphatic rings. The number of methoxy groups -OCH3 is 1. The molecule has 6 nitrogen and oxygen atoms in total. The minimum absolute atomic E-state index is 0.0678. The van der Waals surface area contributed by atoms with E-state index in [-0.39, 0.29) is 10.8 Å². The van der Waals surface area contributed by atoms with Gasteiger partial charge in [0.2, 0.25) is 10.0 Å². The van der Waals surface area contributed by atoms with Crippen LogP contribution in [0.3, 0.4) is 0 Å². The van der Waals surface area contributed by atoms with Crippen LogP contribution in [0, 0.1) is 13.8 Å². The number of hydrogen-bond acceptors (Lipinski definition) is 4. The number of amides is 1. The van der Waals surface area contributed by atoms with Crippen molar-refractivity contribution in [1.82, 2.24) is 5.32 Å². The predicted molar refractivity (Wildman–Crippen MR) is 80.7 cm³/mol. The minimum atomic E-state index is -3.85. The van der Waals surface area contributed by atoms with Crippen molar-refractivity contribution in [2.45, 2.75) is 38.2 Å². The topological polar surface area (TPSA) is 98.5 Å². The van der Waals surface area contributed by atoms with Gasteiger partial charge in [-0.25, -0.2) is 13.6 Å². The Hall–Kier alpha value is -1.44. The van der Waals surface area contributed by atoms with Gasteiger partial charge in [-0.2, -0.15) is 0 Å². The Labute approximate surface area is 125 Å². The van der Waals surface area contributed by atoms with Crippen LogP contribution in [0.4, 0.5) is 0 Å². The summed E-state index contributed by atoms with van der Waals surface area (Å²) in [4.78, 5) is 12.2. The smallest absolute Gasteiger partial charge is 0.251 e. The summed E-state index contributed by atoms with van der Waals surface area (Å²) in [6.45, 7) is 7.48. The Kier molecular flexibility index (Phi) is 5.14. The molecule has 0 fully saturated rings. The van der Waals surface area contributed by atoms with Gasteiger partial charge in [0.25, 0.3) is 5.91 Å². The van der Waals surface area contributed by atoms with Crippen LogP contribution in [-0.2, 0) is 14.8 Å². The minimum Gasteiger partial charge on any atom is -0.377 e. The first-order valence-corrected chi connectivity index (χ1v) is 8.00. The van der Waals surface area contributed by atoms with E-state index >= 15 is 0 Å². The fourth-order valence-corrected chi connectivity index (χ4v) is 2.31. The number of rotatable bonds is 5. The molecule has 1 aromatic rings. The predicted octanol–water partition coefficient (Wildman–Crippen LogP) is 1.11. The summed E-state index contributed by atoms with van der Waals surface area (Å²) in [7, 11) is -2.29. The maximum Gasteiger partial charge on any atom is 0.251 e. The van der Waals surface area contributed by atoms with E-state index in [9.17, 15) is 13.2 Å². The lowest BCUT2D eigenvalue weighted by atomic mass is 10.0. The van der Waals surface area contributed by atoms with Crippen molar-refractivity contribution in [2.75, 3.05) is 13.7 Å². The molecule has 7 heteroatoms. The van der Waals surface area contributed by atoms with Crippen molar-refractivity contribution < 1.29 is 17.9 Å². The van der Waals surface area contributed by atoms with Crippen LogP contribution in [0.2, 0.25) is 0 Å². The third-order valence-electron chi connectivity index (χ3n) is 3.44. The van der Waals surface area contributed by atoms with Crippen LogP contribution in [0.5, 0.6) is 0 Å². The molecule has 0 atom stereocenters. The summed E-state index contributed by atoms with van der Waals surface area (Å²) < 4.78 is 28.1. The second kappa shape index (κ2) is 6.13. The Morgan fingerprint density at radius 1 is 1.33 bits per heavy atom. The standard InChI is InChI=1S/C14H22N2O4S/c1-9-6-11(21(15,18)19)7-12(10(9)2)13(17)16-8-14(3,4)20-5/h6-7H,8H2,1-5H3,(H,16,17)(H2,15,18,19). The number of benzene rings is 1. The number of primary sulfonamides is 1. The molecule has 3 N–H and O–H groups in total. The highest BCUT2D eigenvalue weighted by atomic mass is 32.2. The van der Waals surface area contributed by atoms with Crippen molar-refractivity contribution in [3.05, 3.63) is 28.8 Å². The molecular formula is C14H22N2O4S. The zero-order valence-corrected chi connectivity index (χ0v) is 13.8. The average Bonchev–Trinajstić information content (AvgIpc) is 2.38. The second-order valence-electron chi connectivity index (χ2n) is 5.60. The van der Waals surface area contributed by atoms with Gasteiger partial charge in [0, 0.05) is 19.2 Å². The first-order valence-electron chi connectivity index (χ1n) is 6.45. The maximum absolute atomic E-state index is 12.3. The molecule has 1 aromatic carbocycles. The number of nitrogens with one attached hydrogen (secondary N) is 1. The maximum atomic E-state index is 12.3. The Balaban J connectivity index is 3.13. The van der Waals surface area contributed by atoms with E-state index in [1.807, 2.05) is 13.8 Å². The van der Waals surface area contributed by atoms with Crippen LogP contribution in [0.1, 0.15) is 35.3 Å². The quantitative estimate of drug-likeness (QED) is 0.850. The molecule has 0 saturated heterocycles. The van der Waals surface area contributed by atoms with E-state index in [2.05, 4.69) is 5.32 Å². The molecule has 1 rings (SSSR count). The van der Waals surface area contributed by atoms with Crippen LogP contribution < -0.4 is 10.5 Å². The zero-order valence-electron chi connectivity index (χ0n) is 13.0. The van der Waals surface area contributed by atoms with E-state index in [4.69, 9.17) is 9.88 Å². The Bertz CT molecular complexity index is 651. The molecule has 0 spiro atoms. The highest BCUT2D eigenvalue weighted by molar-refractivity contribution is 7.89. The summed E-state index contributed by atoms with van der Waals surface area (Å²) in [6, 6.07) is 2.76. The summed E-state index contributed by atoms with van der Waals surface area (Å²) in [5, 5.41) is 7.87. The van der Waals surface area contributed by atoms with Crippen molar-refractivity contribution >= 4 is 15.9 Å². The molecule has 0 unspecified atom stereocenters. The lowest BCUT2D eigenvalue weighted by Crippen LogP contribution is -2.40. The van der Waals surface area contributed by atoms with E-state index in [0.717, 1.165) is 5.56 Å². The molecule has 21 heavy (non-hydrogen) atoms. The molecule has 0 bridgehead atoms. The highest BCUT2D eigenvalue weighted by Gasteiger charge is 2.20. The number of carbonyl (C=O) groups is 1. The summed E-state index contributed by atoms with van der Waals surface area (Å²) >= 11 is 0. The Morgan fingerprint density at radius 2 is 1.90 bits per heavy atom. The lowest BCUT2D eigenvalue weighted by Gasteiger charge is -2.23. The van der Waals surface area contributed by atoms with Gasteiger partial charge in [0.05, 0.1) is 10.5 Å². The molecule has 1 amide bonds. The number of nitrogens with two attached hydrogens (primary N) is 1. The third-order valence-corrected chi connectivity index (χ3v) is 4.33. The zero-order chi connectivity index (χ0) is 16.4. The van der Waals surface area contributed by atoms with Crippen LogP contribution in [0.15, 0.2) is 17.0 Å². The first kappa shape index (κ1) is 17.6. The van der Waals surface area contributed by atoms with Gasteiger partial charge < -0.3 is 10.1 Å². The number of sulfonamides is 1. The van der Waals surface area contributed by atoms with E-state index in [1.165, 1.54) is 12.1 Å². The van der Waals surface area contributed by atoms with Crippen molar-refractivity contribution in [2.24, 2.45) is 5.14 Å². The SMILES string of the molecule is COC(C)(C)CNC(=O)c1cc(S(N)(=O)=O)cc(C)c1C. The molecule has 118 valence electrons. The van der Waals surface area contributed by atoms with Gasteiger partial charge in [-0.3, -0.25) is 4.79 Å². The van der Waals surface area contributed by atoms with E-state index in [0.29, 0.717) is 17.7 Å². The van der Waals surface area contributed by atoms with Gasteiger partial charge >= 0.3 is 0 Å². The van der Waals surface area contributed by atoms with Gasteiger partial charge in [-0.1, -0.05) is 0 Å². The Morgan fingerprint density at radius 3 is 2.38 bits per heavy atom. The van der Waals surface area contributed by atoms with Gasteiger partial charge in [0.15, 0.2) is 0 Å². The summed E-state index contributed by atoms with van der Waals surface area (Å²) in [5.41, 5.74) is 1.20. The molecule has 0 aliphatic carbocycles. The van der Waals surface area contributed by atoms with Crippen molar-refractivity contribution in [3.8, 4) is 0 Å². The number of ether oxygens (including phenoxy) is 1. The summed E-state index contributed by atoms with van der Waals surface area (Å²) in [6.07, 6.45) is 0. The van der Waals surface area contributed by atoms with Crippen LogP contribution in [0.25, 0.3) is 0 Å². The second-order valence-corrected chi connectivity index (χ2v) is 7.17. The highest BCUT2D eigenvalue weighted by Crippen LogP contribution is 2.19. The number of carbonyl (C=O) groups excluding carboxylic acids is 1. The van der Waals surface area contributed by atoms with Gasteiger partial charge in [0.1, 0.15) is 0 Å². The third kappa shape index (κ3) is 4.52. The summed E-state index contributed by atoms with van der Waals surface area (Å²) in [5.74, 6) is -0.355. The molecule has 0 radical (unpaired) electrons. The van der Waals surface area contributed by atoms with Gasteiger partial charge in [-0.15, -0.1) is 0 Å². The van der Waals surface area contributed by atoms with Crippen molar-refractivity contribution in [3.63, 3.8) is 0 Å². The molecule has 0 heterocycles. The fourth-order valence-electron chi connectivity index (χ4n) is 1.69. The average molecular weight is 314 g/mol. The van der Waals surface area contributed by atoms with Crippen molar-refractivity contribution in [1.29, 1.82) is 0 Å². The molecule has 0 aliphatic heterocycles. The normalized spacial score (nSPS) is 12.3. The number of hydrogen-bond donors (Lipinski definition) is 2. The van der Waals surface area contributed by atoms with Crippen LogP contribution >= 0.6 is 0 Å². The molecule has 0 saturated carbocycles. The fraction of sp³-hybridized carbons (Fsp3) is 0.500. The molecule has 0 aromatic heterocycles. The lowest BCUT2D eigenvalue weighted by molar-refractivity contribution is 0.0228.